The van der Waals surface area contributed by atoms with Crippen LogP contribution in [-0.2, 0) is 0 Å². The van der Waals surface area contributed by atoms with Gasteiger partial charge < -0.3 is 4.90 Å². The first-order valence-electron chi connectivity index (χ1n) is 6.85. The Morgan fingerprint density at radius 1 is 1.09 bits per heavy atom. The number of thiophene rings is 1. The number of hydrogen-bond donors (Lipinski definition) is 0. The molecule has 1 heterocycles. The third-order valence-corrected chi connectivity index (χ3v) is 4.52. The van der Waals surface area contributed by atoms with E-state index in [1.165, 1.54) is 22.3 Å². The van der Waals surface area contributed by atoms with Gasteiger partial charge in [-0.15, -0.1) is 11.3 Å². The van der Waals surface area contributed by atoms with Gasteiger partial charge in [0.15, 0.2) is 11.6 Å². The van der Waals surface area contributed by atoms with Crippen LogP contribution in [0.5, 0.6) is 0 Å². The largest absolute Gasteiger partial charge is 0.308 e. The van der Waals surface area contributed by atoms with Crippen molar-refractivity contribution >= 4 is 33.0 Å². The lowest BCUT2D eigenvalue weighted by Crippen LogP contribution is -2.30. The van der Waals surface area contributed by atoms with Crippen molar-refractivity contribution in [1.29, 1.82) is 0 Å². The van der Waals surface area contributed by atoms with E-state index in [0.717, 1.165) is 22.2 Å². The van der Waals surface area contributed by atoms with Crippen LogP contribution in [0.25, 0.3) is 10.1 Å². The quantitative estimate of drug-likeness (QED) is 0.676. The van der Waals surface area contributed by atoms with E-state index in [9.17, 15) is 13.6 Å². The first-order chi connectivity index (χ1) is 10.6. The second-order valence-electron chi connectivity index (χ2n) is 4.80. The number of rotatable bonds is 3. The fraction of sp³-hybridized carbons (Fsp3) is 0.118. The van der Waals surface area contributed by atoms with Gasteiger partial charge in [-0.1, -0.05) is 18.2 Å². The number of anilines is 1. The van der Waals surface area contributed by atoms with E-state index >= 15 is 0 Å². The van der Waals surface area contributed by atoms with Crippen LogP contribution in [0, 0.1) is 11.6 Å². The van der Waals surface area contributed by atoms with Gasteiger partial charge in [0.1, 0.15) is 0 Å². The summed E-state index contributed by atoms with van der Waals surface area (Å²) in [6.45, 7) is 2.17. The molecule has 2 nitrogen and oxygen atoms in total. The Balaban J connectivity index is 1.98. The van der Waals surface area contributed by atoms with Crippen molar-refractivity contribution < 1.29 is 13.6 Å². The van der Waals surface area contributed by atoms with E-state index in [1.54, 1.807) is 6.92 Å². The highest BCUT2D eigenvalue weighted by molar-refractivity contribution is 7.20. The second-order valence-corrected chi connectivity index (χ2v) is 5.88. The smallest absolute Gasteiger partial charge is 0.268 e. The fourth-order valence-corrected chi connectivity index (χ4v) is 3.33. The summed E-state index contributed by atoms with van der Waals surface area (Å²) < 4.78 is 27.5. The molecule has 0 aliphatic carbocycles. The molecule has 0 fully saturated rings. The molecule has 0 atom stereocenters. The molecule has 0 aliphatic heterocycles. The molecule has 0 radical (unpaired) electrons. The third kappa shape index (κ3) is 2.60. The Morgan fingerprint density at radius 3 is 2.55 bits per heavy atom. The topological polar surface area (TPSA) is 20.3 Å². The van der Waals surface area contributed by atoms with Gasteiger partial charge in [-0.05, 0) is 36.6 Å². The number of amides is 1. The Kier molecular flexibility index (Phi) is 3.90. The average Bonchev–Trinajstić information content (AvgIpc) is 2.95. The van der Waals surface area contributed by atoms with Gasteiger partial charge in [-0.25, -0.2) is 8.78 Å². The molecule has 22 heavy (non-hydrogen) atoms. The van der Waals surface area contributed by atoms with Gasteiger partial charge >= 0.3 is 0 Å². The summed E-state index contributed by atoms with van der Waals surface area (Å²) in [5, 5.41) is 0.997. The van der Waals surface area contributed by atoms with Gasteiger partial charge in [0.25, 0.3) is 5.91 Å². The van der Waals surface area contributed by atoms with E-state index in [-0.39, 0.29) is 5.91 Å². The Labute approximate surface area is 130 Å². The summed E-state index contributed by atoms with van der Waals surface area (Å²) in [4.78, 5) is 14.7. The van der Waals surface area contributed by atoms with Crippen LogP contribution in [-0.4, -0.2) is 12.5 Å². The predicted octanol–water partition coefficient (Wildman–Crippen LogP) is 4.85. The normalized spacial score (nSPS) is 10.9. The molecule has 3 aromatic rings. The Morgan fingerprint density at radius 2 is 1.86 bits per heavy atom. The van der Waals surface area contributed by atoms with Crippen molar-refractivity contribution in [3.63, 3.8) is 0 Å². The third-order valence-electron chi connectivity index (χ3n) is 3.41. The van der Waals surface area contributed by atoms with Crippen molar-refractivity contribution in [3.05, 3.63) is 65.0 Å². The van der Waals surface area contributed by atoms with Gasteiger partial charge in [0.05, 0.1) is 4.88 Å². The van der Waals surface area contributed by atoms with E-state index in [0.29, 0.717) is 17.1 Å². The molecule has 3 rings (SSSR count). The van der Waals surface area contributed by atoms with Crippen LogP contribution in [0.4, 0.5) is 14.5 Å². The number of benzene rings is 2. The van der Waals surface area contributed by atoms with Crippen molar-refractivity contribution in [2.75, 3.05) is 11.4 Å². The summed E-state index contributed by atoms with van der Waals surface area (Å²) in [5.74, 6) is -2.09. The maximum absolute atomic E-state index is 13.4. The van der Waals surface area contributed by atoms with Crippen LogP contribution < -0.4 is 4.90 Å². The second kappa shape index (κ2) is 5.85. The molecule has 0 N–H and O–H groups in total. The SMILES string of the molecule is CCN(C(=O)c1cc2ccccc2s1)c1ccc(F)c(F)c1. The molecule has 5 heteroatoms. The number of carbonyl (C=O) groups is 1. The summed E-state index contributed by atoms with van der Waals surface area (Å²) in [5.41, 5.74) is 0.351. The van der Waals surface area contributed by atoms with Crippen molar-refractivity contribution in [1.82, 2.24) is 0 Å². The highest BCUT2D eigenvalue weighted by atomic mass is 32.1. The fourth-order valence-electron chi connectivity index (χ4n) is 2.32. The molecule has 1 amide bonds. The van der Waals surface area contributed by atoms with E-state index in [2.05, 4.69) is 0 Å². The van der Waals surface area contributed by atoms with Crippen LogP contribution in [0.1, 0.15) is 16.6 Å². The van der Waals surface area contributed by atoms with Gasteiger partial charge in [-0.2, -0.15) is 0 Å². The molecule has 0 saturated heterocycles. The molecule has 112 valence electrons. The lowest BCUT2D eigenvalue weighted by atomic mass is 10.2. The highest BCUT2D eigenvalue weighted by Crippen LogP contribution is 2.28. The molecule has 0 bridgehead atoms. The first kappa shape index (κ1) is 14.7. The van der Waals surface area contributed by atoms with Crippen molar-refractivity contribution in [2.45, 2.75) is 6.92 Å². The average molecular weight is 317 g/mol. The summed E-state index contributed by atoms with van der Waals surface area (Å²) >= 11 is 1.39. The highest BCUT2D eigenvalue weighted by Gasteiger charge is 2.19. The summed E-state index contributed by atoms with van der Waals surface area (Å²) in [7, 11) is 0. The zero-order valence-electron chi connectivity index (χ0n) is 11.8. The summed E-state index contributed by atoms with van der Waals surface area (Å²) in [6.07, 6.45) is 0. The molecule has 0 unspecified atom stereocenters. The Bertz CT molecular complexity index is 811. The van der Waals surface area contributed by atoms with Crippen LogP contribution in [0.15, 0.2) is 48.5 Å². The maximum Gasteiger partial charge on any atom is 0.268 e. The Hall–Kier alpha value is -2.27. The minimum Gasteiger partial charge on any atom is -0.308 e. The lowest BCUT2D eigenvalue weighted by molar-refractivity contribution is 0.0992. The molecule has 0 aliphatic rings. The van der Waals surface area contributed by atoms with Crippen LogP contribution in [0.2, 0.25) is 0 Å². The standard InChI is InChI=1S/C17H13F2NOS/c1-2-20(12-7-8-13(18)14(19)10-12)17(21)16-9-11-5-3-4-6-15(11)22-16/h3-10H,2H2,1H3. The van der Waals surface area contributed by atoms with Crippen molar-refractivity contribution in [3.8, 4) is 0 Å². The van der Waals surface area contributed by atoms with Crippen molar-refractivity contribution in [2.24, 2.45) is 0 Å². The minimum atomic E-state index is -0.958. The molecular formula is C17H13F2NOS. The van der Waals surface area contributed by atoms with Gasteiger partial charge in [0.2, 0.25) is 0 Å². The molecule has 1 aromatic heterocycles. The maximum atomic E-state index is 13.4. The van der Waals surface area contributed by atoms with E-state index in [1.807, 2.05) is 30.3 Å². The van der Waals surface area contributed by atoms with E-state index in [4.69, 9.17) is 0 Å². The van der Waals surface area contributed by atoms with Gasteiger partial charge in [-0.3, -0.25) is 4.79 Å². The molecule has 2 aromatic carbocycles. The number of nitrogens with zero attached hydrogens (tertiary/aromatic N) is 1. The summed E-state index contributed by atoms with van der Waals surface area (Å²) in [6, 6.07) is 13.0. The van der Waals surface area contributed by atoms with Crippen LogP contribution in [0.3, 0.4) is 0 Å². The minimum absolute atomic E-state index is 0.213. The lowest BCUT2D eigenvalue weighted by Gasteiger charge is -2.20. The number of fused-ring (bicyclic) bond motifs is 1. The zero-order chi connectivity index (χ0) is 15.7. The predicted molar refractivity (Wildman–Crippen MR) is 85.5 cm³/mol. The first-order valence-corrected chi connectivity index (χ1v) is 7.67. The number of carbonyl (C=O) groups excluding carboxylic acids is 1. The van der Waals surface area contributed by atoms with Crippen LogP contribution >= 0.6 is 11.3 Å². The monoisotopic (exact) mass is 317 g/mol. The molecule has 0 saturated carbocycles. The van der Waals surface area contributed by atoms with Gasteiger partial charge in [0, 0.05) is 23.0 Å². The number of hydrogen-bond acceptors (Lipinski definition) is 2. The zero-order valence-corrected chi connectivity index (χ0v) is 12.7. The number of halogens is 2. The molecule has 0 spiro atoms. The molecular weight excluding hydrogens is 304 g/mol. The van der Waals surface area contributed by atoms with E-state index < -0.39 is 11.6 Å².